The monoisotopic (exact) mass is 320 g/mol. The Bertz CT molecular complexity index is 764. The van der Waals surface area contributed by atoms with Crippen LogP contribution in [-0.4, -0.2) is 11.6 Å². The third kappa shape index (κ3) is 2.60. The fraction of sp³-hybridized carbons (Fsp3) is 0.0667. The number of anilines is 1. The lowest BCUT2D eigenvalue weighted by Gasteiger charge is -2.12. The summed E-state index contributed by atoms with van der Waals surface area (Å²) in [4.78, 5) is 12.5. The van der Waals surface area contributed by atoms with E-state index in [2.05, 4.69) is 5.10 Å². The first-order valence-corrected chi connectivity index (χ1v) is 6.92. The first kappa shape index (κ1) is 13.9. The summed E-state index contributed by atoms with van der Waals surface area (Å²) in [6.45, 7) is 1.77. The zero-order valence-electron chi connectivity index (χ0n) is 11.0. The van der Waals surface area contributed by atoms with Crippen LogP contribution in [0.15, 0.2) is 51.7 Å². The number of carbonyl (C=O) groups excluding carboxylic acids is 1. The van der Waals surface area contributed by atoms with Gasteiger partial charge in [0.2, 0.25) is 0 Å². The van der Waals surface area contributed by atoms with Gasteiger partial charge in [0, 0.05) is 0 Å². The zero-order valence-corrected chi connectivity index (χ0v) is 12.5. The second-order valence-electron chi connectivity index (χ2n) is 4.47. The van der Waals surface area contributed by atoms with Crippen molar-refractivity contribution in [1.29, 1.82) is 0 Å². The maximum Gasteiger partial charge on any atom is 0.280 e. The highest BCUT2D eigenvalue weighted by atomic mass is 35.5. The van der Waals surface area contributed by atoms with Crippen molar-refractivity contribution in [1.82, 2.24) is 0 Å². The van der Waals surface area contributed by atoms with Crippen LogP contribution < -0.4 is 5.01 Å². The number of halogens is 2. The Hall–Kier alpha value is -2.04. The molecule has 1 aromatic carbocycles. The van der Waals surface area contributed by atoms with Gasteiger partial charge in [0.05, 0.1) is 33.3 Å². The Kier molecular flexibility index (Phi) is 3.57. The van der Waals surface area contributed by atoms with Gasteiger partial charge in [-0.05, 0) is 43.3 Å². The van der Waals surface area contributed by atoms with Crippen molar-refractivity contribution in [3.63, 3.8) is 0 Å². The summed E-state index contributed by atoms with van der Waals surface area (Å²) in [5, 5.41) is 6.36. The van der Waals surface area contributed by atoms with Gasteiger partial charge in [-0.1, -0.05) is 23.2 Å². The summed E-state index contributed by atoms with van der Waals surface area (Å²) < 4.78 is 5.23. The standard InChI is InChI=1S/C15H10Cl2N2O2/c1-9-12(8-11-3-2-6-21-11)15(20)19(18-9)10-4-5-13(16)14(17)7-10/h2-8H,1H3/b12-8+. The molecule has 0 unspecified atom stereocenters. The quantitative estimate of drug-likeness (QED) is 0.770. The third-order valence-corrected chi connectivity index (χ3v) is 3.78. The number of amides is 1. The maximum absolute atomic E-state index is 12.5. The number of hydrazone groups is 1. The molecule has 3 rings (SSSR count). The van der Waals surface area contributed by atoms with Crippen molar-refractivity contribution >= 4 is 46.6 Å². The average molecular weight is 321 g/mol. The first-order chi connectivity index (χ1) is 10.1. The molecule has 0 saturated heterocycles. The summed E-state index contributed by atoms with van der Waals surface area (Å²) in [7, 11) is 0. The molecule has 0 saturated carbocycles. The van der Waals surface area contributed by atoms with Crippen LogP contribution in [0, 0.1) is 0 Å². The van der Waals surface area contributed by atoms with Crippen LogP contribution >= 0.6 is 23.2 Å². The number of benzene rings is 1. The SMILES string of the molecule is CC1=NN(c2ccc(Cl)c(Cl)c2)C(=O)/C1=C/c1ccco1. The second kappa shape index (κ2) is 5.39. The van der Waals surface area contributed by atoms with Crippen molar-refractivity contribution in [2.45, 2.75) is 6.92 Å². The summed E-state index contributed by atoms with van der Waals surface area (Å²) in [5.74, 6) is 0.367. The van der Waals surface area contributed by atoms with Gasteiger partial charge >= 0.3 is 0 Å². The molecule has 1 amide bonds. The molecule has 2 aromatic rings. The number of hydrogen-bond acceptors (Lipinski definition) is 3. The Morgan fingerprint density at radius 2 is 2.05 bits per heavy atom. The van der Waals surface area contributed by atoms with E-state index in [0.29, 0.717) is 32.8 Å². The van der Waals surface area contributed by atoms with E-state index in [1.54, 1.807) is 49.6 Å². The predicted molar refractivity (Wildman–Crippen MR) is 83.7 cm³/mol. The van der Waals surface area contributed by atoms with E-state index in [1.165, 1.54) is 5.01 Å². The Morgan fingerprint density at radius 3 is 2.71 bits per heavy atom. The van der Waals surface area contributed by atoms with Gasteiger partial charge < -0.3 is 4.42 Å². The van der Waals surface area contributed by atoms with Gasteiger partial charge in [-0.3, -0.25) is 4.79 Å². The molecule has 1 aromatic heterocycles. The van der Waals surface area contributed by atoms with Crippen molar-refractivity contribution in [2.75, 3.05) is 5.01 Å². The molecular formula is C15H10Cl2N2O2. The number of hydrogen-bond donors (Lipinski definition) is 0. The zero-order chi connectivity index (χ0) is 15.0. The normalized spacial score (nSPS) is 16.7. The van der Waals surface area contributed by atoms with E-state index in [0.717, 1.165) is 0 Å². The topological polar surface area (TPSA) is 45.8 Å². The third-order valence-electron chi connectivity index (χ3n) is 3.04. The Morgan fingerprint density at radius 1 is 1.24 bits per heavy atom. The molecule has 106 valence electrons. The summed E-state index contributed by atoms with van der Waals surface area (Å²) in [6, 6.07) is 8.46. The Labute approximate surface area is 131 Å². The fourth-order valence-electron chi connectivity index (χ4n) is 1.99. The number of carbonyl (C=O) groups is 1. The summed E-state index contributed by atoms with van der Waals surface area (Å²) in [6.07, 6.45) is 3.22. The van der Waals surface area contributed by atoms with Gasteiger partial charge in [-0.25, -0.2) is 0 Å². The number of nitrogens with zero attached hydrogens (tertiary/aromatic N) is 2. The number of furan rings is 1. The Balaban J connectivity index is 1.97. The highest BCUT2D eigenvalue weighted by molar-refractivity contribution is 6.42. The second-order valence-corrected chi connectivity index (χ2v) is 5.29. The van der Waals surface area contributed by atoms with Crippen molar-refractivity contribution in [2.24, 2.45) is 5.10 Å². The smallest absolute Gasteiger partial charge is 0.280 e. The van der Waals surface area contributed by atoms with Gasteiger partial charge in [-0.2, -0.15) is 10.1 Å². The van der Waals surface area contributed by atoms with Gasteiger partial charge in [0.15, 0.2) is 0 Å². The lowest BCUT2D eigenvalue weighted by atomic mass is 10.1. The van der Waals surface area contributed by atoms with E-state index < -0.39 is 0 Å². The minimum absolute atomic E-state index is 0.234. The molecule has 2 heterocycles. The molecule has 0 fully saturated rings. The molecule has 1 aliphatic rings. The van der Waals surface area contributed by atoms with Gasteiger partial charge in [-0.15, -0.1) is 0 Å². The van der Waals surface area contributed by atoms with Crippen LogP contribution in [0.3, 0.4) is 0 Å². The lowest BCUT2D eigenvalue weighted by molar-refractivity contribution is -0.114. The molecule has 0 radical (unpaired) electrons. The molecule has 4 nitrogen and oxygen atoms in total. The van der Waals surface area contributed by atoms with Gasteiger partial charge in [0.1, 0.15) is 5.76 Å². The minimum atomic E-state index is -0.234. The van der Waals surface area contributed by atoms with E-state index in [4.69, 9.17) is 27.6 Å². The molecule has 0 bridgehead atoms. The maximum atomic E-state index is 12.5. The van der Waals surface area contributed by atoms with Crippen LogP contribution in [0.25, 0.3) is 6.08 Å². The molecular weight excluding hydrogens is 311 g/mol. The number of rotatable bonds is 2. The first-order valence-electron chi connectivity index (χ1n) is 6.16. The van der Waals surface area contributed by atoms with Crippen molar-refractivity contribution in [3.8, 4) is 0 Å². The average Bonchev–Trinajstić information content (AvgIpc) is 3.06. The molecule has 0 N–H and O–H groups in total. The largest absolute Gasteiger partial charge is 0.465 e. The van der Waals surface area contributed by atoms with Crippen molar-refractivity contribution < 1.29 is 9.21 Å². The van der Waals surface area contributed by atoms with Crippen molar-refractivity contribution in [3.05, 3.63) is 58.0 Å². The fourth-order valence-corrected chi connectivity index (χ4v) is 2.28. The van der Waals surface area contributed by atoms with Crippen LogP contribution in [-0.2, 0) is 4.79 Å². The predicted octanol–water partition coefficient (Wildman–Crippen LogP) is 4.39. The summed E-state index contributed by atoms with van der Waals surface area (Å²) in [5.41, 5.74) is 1.66. The van der Waals surface area contributed by atoms with E-state index >= 15 is 0 Å². The highest BCUT2D eigenvalue weighted by Crippen LogP contribution is 2.30. The van der Waals surface area contributed by atoms with E-state index in [1.807, 2.05) is 0 Å². The van der Waals surface area contributed by atoms with Crippen LogP contribution in [0.2, 0.25) is 10.0 Å². The minimum Gasteiger partial charge on any atom is -0.465 e. The molecule has 1 aliphatic heterocycles. The molecule has 6 heteroatoms. The molecule has 0 aliphatic carbocycles. The lowest BCUT2D eigenvalue weighted by Crippen LogP contribution is -2.21. The van der Waals surface area contributed by atoms with Crippen LogP contribution in [0.5, 0.6) is 0 Å². The molecule has 0 spiro atoms. The van der Waals surface area contributed by atoms with E-state index in [9.17, 15) is 4.79 Å². The van der Waals surface area contributed by atoms with Crippen LogP contribution in [0.1, 0.15) is 12.7 Å². The molecule has 0 atom stereocenters. The van der Waals surface area contributed by atoms with Gasteiger partial charge in [0.25, 0.3) is 5.91 Å². The molecule has 21 heavy (non-hydrogen) atoms. The highest BCUT2D eigenvalue weighted by Gasteiger charge is 2.29. The van der Waals surface area contributed by atoms with Crippen LogP contribution in [0.4, 0.5) is 5.69 Å². The van der Waals surface area contributed by atoms with E-state index in [-0.39, 0.29) is 5.91 Å². The summed E-state index contributed by atoms with van der Waals surface area (Å²) >= 11 is 11.9.